The Morgan fingerprint density at radius 1 is 1.43 bits per heavy atom. The van der Waals surface area contributed by atoms with E-state index in [0.29, 0.717) is 17.7 Å². The molecule has 1 fully saturated rings. The Morgan fingerprint density at radius 2 is 2.24 bits per heavy atom. The molecule has 4 N–H and O–H groups in total. The average Bonchev–Trinajstić information content (AvgIpc) is 2.98. The van der Waals surface area contributed by atoms with Gasteiger partial charge >= 0.3 is 0 Å². The average molecular weight is 311 g/mol. The van der Waals surface area contributed by atoms with Gasteiger partial charge < -0.3 is 20.9 Å². The van der Waals surface area contributed by atoms with Gasteiger partial charge in [0.15, 0.2) is 0 Å². The van der Waals surface area contributed by atoms with Crippen LogP contribution in [0.4, 0.5) is 11.5 Å². The molecule has 0 spiro atoms. The number of hydrogen-bond acceptors (Lipinski definition) is 6. The molecule has 21 heavy (non-hydrogen) atoms. The molecule has 0 radical (unpaired) electrons. The third-order valence-corrected chi connectivity index (χ3v) is 4.61. The highest BCUT2D eigenvalue weighted by atomic mass is 32.2. The zero-order valence-corrected chi connectivity index (χ0v) is 13.1. The van der Waals surface area contributed by atoms with Crippen LogP contribution >= 0.6 is 11.8 Å². The van der Waals surface area contributed by atoms with Crippen molar-refractivity contribution in [3.05, 3.63) is 18.3 Å². The van der Waals surface area contributed by atoms with Crippen LogP contribution in [0.1, 0.15) is 32.1 Å². The van der Waals surface area contributed by atoms with Crippen LogP contribution in [0.2, 0.25) is 0 Å². The number of nitrogens with zero attached hydrogens (tertiary/aromatic N) is 1. The van der Waals surface area contributed by atoms with E-state index in [4.69, 9.17) is 10.5 Å². The first-order valence-electron chi connectivity index (χ1n) is 7.59. The number of aliphatic hydroxyl groups excluding tert-OH is 1. The number of aromatic nitrogens is 1. The number of ether oxygens (including phenoxy) is 1. The molecule has 0 amide bonds. The molecule has 0 saturated heterocycles. The van der Waals surface area contributed by atoms with Crippen molar-refractivity contribution < 1.29 is 9.84 Å². The van der Waals surface area contributed by atoms with Crippen molar-refractivity contribution in [1.29, 1.82) is 0 Å². The molecule has 0 bridgehead atoms. The third-order valence-electron chi connectivity index (χ3n) is 3.48. The number of rotatable bonds is 9. The first kappa shape index (κ1) is 16.4. The monoisotopic (exact) mass is 311 g/mol. The zero-order chi connectivity index (χ0) is 14.9. The van der Waals surface area contributed by atoms with Crippen molar-refractivity contribution in [2.75, 3.05) is 29.2 Å². The molecule has 1 atom stereocenters. The quantitative estimate of drug-likeness (QED) is 0.480. The molecule has 1 aromatic rings. The molecule has 1 aliphatic rings. The summed E-state index contributed by atoms with van der Waals surface area (Å²) in [4.78, 5) is 3.97. The van der Waals surface area contributed by atoms with Gasteiger partial charge in [-0.25, -0.2) is 4.98 Å². The summed E-state index contributed by atoms with van der Waals surface area (Å²) in [5.41, 5.74) is 6.29. The van der Waals surface area contributed by atoms with E-state index < -0.39 is 6.23 Å². The highest BCUT2D eigenvalue weighted by Crippen LogP contribution is 2.21. The molecular formula is C15H25N3O2S. The Hall–Kier alpha value is -0.980. The number of anilines is 2. The Balaban J connectivity index is 1.48. The Labute approximate surface area is 130 Å². The summed E-state index contributed by atoms with van der Waals surface area (Å²) < 4.78 is 5.81. The van der Waals surface area contributed by atoms with E-state index in [-0.39, 0.29) is 0 Å². The molecule has 5 nitrogen and oxygen atoms in total. The van der Waals surface area contributed by atoms with Crippen molar-refractivity contribution in [2.45, 2.75) is 44.4 Å². The molecule has 0 aromatic carbocycles. The lowest BCUT2D eigenvalue weighted by Crippen LogP contribution is -2.21. The number of hydrogen-bond donors (Lipinski definition) is 3. The van der Waals surface area contributed by atoms with Gasteiger partial charge in [0.25, 0.3) is 0 Å². The minimum absolute atomic E-state index is 0.478. The lowest BCUT2D eigenvalue weighted by Gasteiger charge is -2.14. The SMILES string of the molecule is Nc1ccc(NC(O)CSCCCOC2CCCC2)cn1. The van der Waals surface area contributed by atoms with Crippen LogP contribution in [0.15, 0.2) is 18.3 Å². The Bertz CT molecular complexity index is 396. The predicted molar refractivity (Wildman–Crippen MR) is 88.4 cm³/mol. The summed E-state index contributed by atoms with van der Waals surface area (Å²) in [6, 6.07) is 3.52. The maximum Gasteiger partial charge on any atom is 0.133 e. The number of nitrogens with two attached hydrogens (primary N) is 1. The van der Waals surface area contributed by atoms with E-state index in [1.807, 2.05) is 6.07 Å². The molecular weight excluding hydrogens is 286 g/mol. The summed E-state index contributed by atoms with van der Waals surface area (Å²) in [7, 11) is 0. The van der Waals surface area contributed by atoms with Crippen LogP contribution in [0, 0.1) is 0 Å². The highest BCUT2D eigenvalue weighted by molar-refractivity contribution is 7.99. The van der Waals surface area contributed by atoms with Gasteiger partial charge in [0.2, 0.25) is 0 Å². The number of aliphatic hydroxyl groups is 1. The van der Waals surface area contributed by atoms with Gasteiger partial charge in [0, 0.05) is 12.4 Å². The minimum Gasteiger partial charge on any atom is -0.384 e. The lowest BCUT2D eigenvalue weighted by molar-refractivity contribution is 0.0594. The molecule has 0 aliphatic heterocycles. The molecule has 1 aromatic heterocycles. The Kier molecular flexibility index (Phi) is 7.12. The Morgan fingerprint density at radius 3 is 2.95 bits per heavy atom. The summed E-state index contributed by atoms with van der Waals surface area (Å²) in [6.07, 6.45) is 7.68. The second kappa shape index (κ2) is 9.12. The summed E-state index contributed by atoms with van der Waals surface area (Å²) in [5, 5.41) is 12.9. The summed E-state index contributed by atoms with van der Waals surface area (Å²) >= 11 is 1.73. The molecule has 1 aliphatic carbocycles. The van der Waals surface area contributed by atoms with E-state index in [9.17, 15) is 5.11 Å². The van der Waals surface area contributed by atoms with Gasteiger partial charge in [0.05, 0.1) is 18.0 Å². The first-order chi connectivity index (χ1) is 10.2. The topological polar surface area (TPSA) is 80.4 Å². The van der Waals surface area contributed by atoms with Gasteiger partial charge in [-0.15, -0.1) is 0 Å². The van der Waals surface area contributed by atoms with E-state index in [1.165, 1.54) is 25.7 Å². The highest BCUT2D eigenvalue weighted by Gasteiger charge is 2.14. The maximum atomic E-state index is 9.88. The van der Waals surface area contributed by atoms with Gasteiger partial charge in [-0.05, 0) is 37.1 Å². The molecule has 118 valence electrons. The predicted octanol–water partition coefficient (Wildman–Crippen LogP) is 2.48. The van der Waals surface area contributed by atoms with Crippen molar-refractivity contribution in [2.24, 2.45) is 0 Å². The largest absolute Gasteiger partial charge is 0.384 e. The first-order valence-corrected chi connectivity index (χ1v) is 8.75. The van der Waals surface area contributed by atoms with Crippen molar-refractivity contribution >= 4 is 23.3 Å². The van der Waals surface area contributed by atoms with Gasteiger partial charge in [-0.1, -0.05) is 12.8 Å². The second-order valence-electron chi connectivity index (χ2n) is 5.34. The van der Waals surface area contributed by atoms with E-state index >= 15 is 0 Å². The number of nitrogen functional groups attached to an aromatic ring is 1. The van der Waals surface area contributed by atoms with Crippen LogP contribution < -0.4 is 11.1 Å². The van der Waals surface area contributed by atoms with Crippen LogP contribution in [0.25, 0.3) is 0 Å². The fourth-order valence-electron chi connectivity index (χ4n) is 2.39. The molecule has 1 unspecified atom stereocenters. The van der Waals surface area contributed by atoms with Gasteiger partial charge in [-0.2, -0.15) is 11.8 Å². The molecule has 6 heteroatoms. The van der Waals surface area contributed by atoms with Gasteiger partial charge in [0.1, 0.15) is 12.0 Å². The molecule has 2 rings (SSSR count). The number of pyridine rings is 1. The normalized spacial score (nSPS) is 17.0. The van der Waals surface area contributed by atoms with Crippen molar-refractivity contribution in [3.63, 3.8) is 0 Å². The van der Waals surface area contributed by atoms with Crippen LogP contribution in [-0.2, 0) is 4.74 Å². The standard InChI is InChI=1S/C15H25N3O2S/c16-14-7-6-12(10-17-14)18-15(19)11-21-9-3-8-20-13-4-1-2-5-13/h6-7,10,13,15,18-19H,1-5,8-9,11H2,(H2,16,17). The third kappa shape index (κ3) is 6.54. The van der Waals surface area contributed by atoms with Crippen LogP contribution in [0.3, 0.4) is 0 Å². The van der Waals surface area contributed by atoms with Crippen molar-refractivity contribution in [1.82, 2.24) is 4.98 Å². The molecule has 1 saturated carbocycles. The van der Waals surface area contributed by atoms with E-state index in [2.05, 4.69) is 10.3 Å². The fraction of sp³-hybridized carbons (Fsp3) is 0.667. The fourth-order valence-corrected chi connectivity index (χ4v) is 3.18. The van der Waals surface area contributed by atoms with Crippen LogP contribution in [0.5, 0.6) is 0 Å². The minimum atomic E-state index is -0.573. The lowest BCUT2D eigenvalue weighted by atomic mass is 10.3. The second-order valence-corrected chi connectivity index (χ2v) is 6.49. The zero-order valence-electron chi connectivity index (χ0n) is 12.3. The number of nitrogens with one attached hydrogen (secondary N) is 1. The van der Waals surface area contributed by atoms with E-state index in [1.54, 1.807) is 24.0 Å². The summed E-state index contributed by atoms with van der Waals surface area (Å²) in [5.74, 6) is 2.13. The maximum absolute atomic E-state index is 9.88. The smallest absolute Gasteiger partial charge is 0.133 e. The summed E-state index contributed by atoms with van der Waals surface area (Å²) in [6.45, 7) is 0.836. The van der Waals surface area contributed by atoms with Gasteiger partial charge in [-0.3, -0.25) is 0 Å². The van der Waals surface area contributed by atoms with Crippen molar-refractivity contribution in [3.8, 4) is 0 Å². The molecule has 1 heterocycles. The van der Waals surface area contributed by atoms with E-state index in [0.717, 1.165) is 24.5 Å². The van der Waals surface area contributed by atoms with Crippen LogP contribution in [-0.4, -0.2) is 40.5 Å². The number of thioether (sulfide) groups is 1.